The van der Waals surface area contributed by atoms with Crippen molar-refractivity contribution in [2.75, 3.05) is 19.8 Å². The van der Waals surface area contributed by atoms with Gasteiger partial charge in [-0.05, 0) is 25.0 Å². The van der Waals surface area contributed by atoms with E-state index in [9.17, 15) is 26.3 Å². The van der Waals surface area contributed by atoms with Crippen molar-refractivity contribution in [3.8, 4) is 17.6 Å². The molecule has 3 nitrogen and oxygen atoms in total. The minimum atomic E-state index is -1.81. The summed E-state index contributed by atoms with van der Waals surface area (Å²) in [7, 11) is 0. The van der Waals surface area contributed by atoms with Gasteiger partial charge in [0.15, 0.2) is 23.7 Å². The van der Waals surface area contributed by atoms with Crippen LogP contribution in [0.2, 0.25) is 0 Å². The van der Waals surface area contributed by atoms with Crippen molar-refractivity contribution < 1.29 is 40.6 Å². The zero-order chi connectivity index (χ0) is 27.7. The highest BCUT2D eigenvalue weighted by Crippen LogP contribution is 2.31. The van der Waals surface area contributed by atoms with Gasteiger partial charge in [0.1, 0.15) is 17.2 Å². The van der Waals surface area contributed by atoms with Crippen LogP contribution >= 0.6 is 0 Å². The summed E-state index contributed by atoms with van der Waals surface area (Å²) in [5, 5.41) is 0. The molecule has 2 aromatic carbocycles. The molecule has 2 aromatic rings. The summed E-state index contributed by atoms with van der Waals surface area (Å²) in [6.07, 6.45) is 6.15. The minimum absolute atomic E-state index is 0.0763. The molecule has 0 aromatic heterocycles. The van der Waals surface area contributed by atoms with Crippen molar-refractivity contribution in [1.82, 2.24) is 0 Å². The standard InChI is InChI=1S/C29H32F6O3/c1-3-5-7-9-13-36-28-26(34)24(32)21(25(33)27(28)35)12-11-20-22(30)14-19(15-23(20)31)29-37-16-18(17-38-29)10-8-6-4-2/h14-15,18,29H,3-10,13,16-17H2,1-2H3. The third-order valence-corrected chi connectivity index (χ3v) is 6.30. The number of halogens is 6. The van der Waals surface area contributed by atoms with E-state index in [-0.39, 0.29) is 18.1 Å². The quantitative estimate of drug-likeness (QED) is 0.124. The van der Waals surface area contributed by atoms with Crippen molar-refractivity contribution in [2.45, 2.75) is 71.5 Å². The Bertz CT molecular complexity index is 1100. The molecule has 0 radical (unpaired) electrons. The number of unbranched alkanes of at least 4 members (excludes halogenated alkanes) is 5. The van der Waals surface area contributed by atoms with E-state index < -0.39 is 58.1 Å². The smallest absolute Gasteiger partial charge is 0.205 e. The number of benzene rings is 2. The molecule has 0 N–H and O–H groups in total. The molecule has 1 aliphatic heterocycles. The Morgan fingerprint density at radius 3 is 1.87 bits per heavy atom. The van der Waals surface area contributed by atoms with Crippen molar-refractivity contribution >= 4 is 0 Å². The predicted octanol–water partition coefficient (Wildman–Crippen LogP) is 8.12. The van der Waals surface area contributed by atoms with Crippen LogP contribution in [0.5, 0.6) is 5.75 Å². The van der Waals surface area contributed by atoms with Gasteiger partial charge in [-0.15, -0.1) is 0 Å². The van der Waals surface area contributed by atoms with Crippen molar-refractivity contribution in [1.29, 1.82) is 0 Å². The Hall–Kier alpha value is -2.70. The van der Waals surface area contributed by atoms with Crippen LogP contribution in [0.1, 0.15) is 88.2 Å². The van der Waals surface area contributed by atoms with Crippen LogP contribution in [0.3, 0.4) is 0 Å². The topological polar surface area (TPSA) is 27.7 Å². The Labute approximate surface area is 219 Å². The fraction of sp³-hybridized carbons (Fsp3) is 0.517. The lowest BCUT2D eigenvalue weighted by atomic mass is 10.0. The van der Waals surface area contributed by atoms with Crippen LogP contribution in [0.15, 0.2) is 12.1 Å². The fourth-order valence-electron chi connectivity index (χ4n) is 4.11. The van der Waals surface area contributed by atoms with Gasteiger partial charge < -0.3 is 14.2 Å². The molecule has 0 unspecified atom stereocenters. The zero-order valence-corrected chi connectivity index (χ0v) is 21.6. The van der Waals surface area contributed by atoms with Crippen LogP contribution in [0.4, 0.5) is 26.3 Å². The molecule has 1 fully saturated rings. The average molecular weight is 543 g/mol. The average Bonchev–Trinajstić information content (AvgIpc) is 2.90. The van der Waals surface area contributed by atoms with Gasteiger partial charge in [0, 0.05) is 11.5 Å². The maximum Gasteiger partial charge on any atom is 0.205 e. The summed E-state index contributed by atoms with van der Waals surface area (Å²) in [5.41, 5.74) is -2.04. The van der Waals surface area contributed by atoms with Gasteiger partial charge in [-0.25, -0.2) is 17.6 Å². The van der Waals surface area contributed by atoms with Crippen molar-refractivity contribution in [2.24, 2.45) is 5.92 Å². The van der Waals surface area contributed by atoms with Crippen LogP contribution in [-0.2, 0) is 9.47 Å². The summed E-state index contributed by atoms with van der Waals surface area (Å²) in [4.78, 5) is 0. The molecule has 38 heavy (non-hydrogen) atoms. The highest BCUT2D eigenvalue weighted by molar-refractivity contribution is 5.48. The van der Waals surface area contributed by atoms with E-state index in [2.05, 4.69) is 6.92 Å². The van der Waals surface area contributed by atoms with Crippen molar-refractivity contribution in [3.05, 3.63) is 63.7 Å². The number of hydrogen-bond donors (Lipinski definition) is 0. The molecule has 3 rings (SSSR count). The molecule has 208 valence electrons. The van der Waals surface area contributed by atoms with Gasteiger partial charge in [0.2, 0.25) is 11.6 Å². The number of hydrogen-bond acceptors (Lipinski definition) is 3. The summed E-state index contributed by atoms with van der Waals surface area (Å²) >= 11 is 0. The first-order valence-corrected chi connectivity index (χ1v) is 13.0. The first-order valence-electron chi connectivity index (χ1n) is 13.0. The molecule has 1 heterocycles. The van der Waals surface area contributed by atoms with E-state index in [1.165, 1.54) is 0 Å². The fourth-order valence-corrected chi connectivity index (χ4v) is 4.11. The summed E-state index contributed by atoms with van der Waals surface area (Å²) in [6, 6.07) is 1.89. The molecule has 1 saturated heterocycles. The third kappa shape index (κ3) is 7.45. The van der Waals surface area contributed by atoms with Gasteiger partial charge >= 0.3 is 0 Å². The minimum Gasteiger partial charge on any atom is -0.487 e. The molecule has 0 atom stereocenters. The van der Waals surface area contributed by atoms with Gasteiger partial charge in [-0.2, -0.15) is 8.78 Å². The van der Waals surface area contributed by atoms with Gasteiger partial charge in [-0.3, -0.25) is 0 Å². The molecule has 1 aliphatic rings. The summed E-state index contributed by atoms with van der Waals surface area (Å²) < 4.78 is 103. The lowest BCUT2D eigenvalue weighted by Gasteiger charge is -2.29. The first-order chi connectivity index (χ1) is 18.3. The second-order valence-electron chi connectivity index (χ2n) is 9.34. The molecule has 0 saturated carbocycles. The second kappa shape index (κ2) is 14.5. The SMILES string of the molecule is CCCCCCOc1c(F)c(F)c(C#Cc2c(F)cc(C3OCC(CCCCC)CO3)cc2F)c(F)c1F. The van der Waals surface area contributed by atoms with E-state index in [4.69, 9.17) is 14.2 Å². The third-order valence-electron chi connectivity index (χ3n) is 6.30. The molecule has 0 aliphatic carbocycles. The number of ether oxygens (including phenoxy) is 3. The summed E-state index contributed by atoms with van der Waals surface area (Å²) in [6.45, 7) is 4.71. The Kier molecular flexibility index (Phi) is 11.4. The van der Waals surface area contributed by atoms with Gasteiger partial charge in [0.05, 0.1) is 25.4 Å². The van der Waals surface area contributed by atoms with Crippen LogP contribution < -0.4 is 4.74 Å². The maximum atomic E-state index is 14.7. The Morgan fingerprint density at radius 2 is 1.29 bits per heavy atom. The largest absolute Gasteiger partial charge is 0.487 e. The van der Waals surface area contributed by atoms with E-state index in [1.807, 2.05) is 18.8 Å². The van der Waals surface area contributed by atoms with Crippen LogP contribution in [0.25, 0.3) is 0 Å². The maximum absolute atomic E-state index is 14.7. The lowest BCUT2D eigenvalue weighted by Crippen LogP contribution is -2.27. The molecular formula is C29H32F6O3. The monoisotopic (exact) mass is 542 g/mol. The lowest BCUT2D eigenvalue weighted by molar-refractivity contribution is -0.206. The second-order valence-corrected chi connectivity index (χ2v) is 9.34. The zero-order valence-electron chi connectivity index (χ0n) is 21.6. The predicted molar refractivity (Wildman–Crippen MR) is 131 cm³/mol. The first kappa shape index (κ1) is 29.9. The van der Waals surface area contributed by atoms with Crippen LogP contribution in [-0.4, -0.2) is 19.8 Å². The number of rotatable bonds is 11. The van der Waals surface area contributed by atoms with Crippen LogP contribution in [0, 0.1) is 52.7 Å². The van der Waals surface area contributed by atoms with E-state index in [0.29, 0.717) is 19.6 Å². The highest BCUT2D eigenvalue weighted by atomic mass is 19.2. The Balaban J connectivity index is 1.75. The molecular weight excluding hydrogens is 510 g/mol. The Morgan fingerprint density at radius 1 is 0.737 bits per heavy atom. The molecule has 0 amide bonds. The van der Waals surface area contributed by atoms with E-state index in [1.54, 1.807) is 0 Å². The molecule has 0 bridgehead atoms. The van der Waals surface area contributed by atoms with Gasteiger partial charge in [0.25, 0.3) is 0 Å². The van der Waals surface area contributed by atoms with E-state index in [0.717, 1.165) is 57.1 Å². The molecule has 9 heteroatoms. The van der Waals surface area contributed by atoms with Gasteiger partial charge in [-0.1, -0.05) is 64.2 Å². The van der Waals surface area contributed by atoms with Crippen molar-refractivity contribution in [3.63, 3.8) is 0 Å². The normalized spacial score (nSPS) is 17.3. The highest BCUT2D eigenvalue weighted by Gasteiger charge is 2.27. The summed E-state index contributed by atoms with van der Waals surface area (Å²) in [5.74, 6) is -6.65. The molecule has 0 spiro atoms. The van der Waals surface area contributed by atoms with E-state index >= 15 is 0 Å².